The first-order chi connectivity index (χ1) is 11.0. The third kappa shape index (κ3) is 4.65. The first-order valence-electron chi connectivity index (χ1n) is 7.06. The van der Waals surface area contributed by atoms with E-state index in [1.807, 2.05) is 0 Å². The highest BCUT2D eigenvalue weighted by atomic mass is 16.6. The fourth-order valence-electron chi connectivity index (χ4n) is 1.90. The molecule has 0 saturated carbocycles. The van der Waals surface area contributed by atoms with Gasteiger partial charge < -0.3 is 14.2 Å². The van der Waals surface area contributed by atoms with Gasteiger partial charge >= 0.3 is 5.69 Å². The number of hydrogen-bond acceptors (Lipinski definition) is 6. The SMILES string of the molecule is COCc1ccc(Oc2ccc([N+](=O)[O-])c(OC(C)C)c2)cn1. The molecule has 0 amide bonds. The van der Waals surface area contributed by atoms with Crippen LogP contribution in [0.1, 0.15) is 19.5 Å². The molecule has 1 heterocycles. The lowest BCUT2D eigenvalue weighted by Crippen LogP contribution is -2.07. The Morgan fingerprint density at radius 2 is 1.96 bits per heavy atom. The van der Waals surface area contributed by atoms with Gasteiger partial charge in [-0.25, -0.2) is 0 Å². The van der Waals surface area contributed by atoms with Crippen LogP contribution < -0.4 is 9.47 Å². The minimum Gasteiger partial charge on any atom is -0.484 e. The summed E-state index contributed by atoms with van der Waals surface area (Å²) in [5.41, 5.74) is 0.687. The highest BCUT2D eigenvalue weighted by Crippen LogP contribution is 2.33. The normalized spacial score (nSPS) is 10.6. The molecule has 0 aliphatic heterocycles. The van der Waals surface area contributed by atoms with Crippen molar-refractivity contribution in [1.29, 1.82) is 0 Å². The second kappa shape index (κ2) is 7.55. The van der Waals surface area contributed by atoms with E-state index in [1.54, 1.807) is 39.3 Å². The van der Waals surface area contributed by atoms with Crippen molar-refractivity contribution >= 4 is 5.69 Å². The maximum Gasteiger partial charge on any atom is 0.311 e. The molecule has 7 nitrogen and oxygen atoms in total. The van der Waals surface area contributed by atoms with Crippen molar-refractivity contribution < 1.29 is 19.1 Å². The van der Waals surface area contributed by atoms with Gasteiger partial charge in [-0.1, -0.05) is 0 Å². The number of pyridine rings is 1. The number of nitro groups is 1. The number of benzene rings is 1. The quantitative estimate of drug-likeness (QED) is 0.571. The maximum atomic E-state index is 11.0. The molecule has 0 saturated heterocycles. The van der Waals surface area contributed by atoms with E-state index in [9.17, 15) is 10.1 Å². The monoisotopic (exact) mass is 318 g/mol. The topological polar surface area (TPSA) is 83.7 Å². The third-order valence-electron chi connectivity index (χ3n) is 2.82. The number of nitro benzene ring substituents is 1. The number of hydrogen-bond donors (Lipinski definition) is 0. The van der Waals surface area contributed by atoms with E-state index in [4.69, 9.17) is 14.2 Å². The van der Waals surface area contributed by atoms with E-state index in [0.29, 0.717) is 18.1 Å². The molecule has 1 aromatic heterocycles. The molecule has 0 bridgehead atoms. The molecule has 0 N–H and O–H groups in total. The van der Waals surface area contributed by atoms with Gasteiger partial charge in [-0.15, -0.1) is 0 Å². The summed E-state index contributed by atoms with van der Waals surface area (Å²) >= 11 is 0. The Labute approximate surface area is 134 Å². The van der Waals surface area contributed by atoms with E-state index in [2.05, 4.69) is 4.98 Å². The molecule has 2 aromatic rings. The zero-order valence-corrected chi connectivity index (χ0v) is 13.2. The largest absolute Gasteiger partial charge is 0.484 e. The number of nitrogens with zero attached hydrogens (tertiary/aromatic N) is 2. The van der Waals surface area contributed by atoms with E-state index in [0.717, 1.165) is 5.69 Å². The first kappa shape index (κ1) is 16.7. The molecule has 7 heteroatoms. The van der Waals surface area contributed by atoms with Gasteiger partial charge in [0.2, 0.25) is 5.75 Å². The van der Waals surface area contributed by atoms with Crippen molar-refractivity contribution in [2.24, 2.45) is 0 Å². The number of rotatable bonds is 7. The molecule has 1 aromatic carbocycles. The minimum atomic E-state index is -0.484. The molecule has 0 radical (unpaired) electrons. The zero-order valence-electron chi connectivity index (χ0n) is 13.2. The van der Waals surface area contributed by atoms with Crippen molar-refractivity contribution in [1.82, 2.24) is 4.98 Å². The second-order valence-electron chi connectivity index (χ2n) is 5.07. The lowest BCUT2D eigenvalue weighted by atomic mass is 10.2. The Hall–Kier alpha value is -2.67. The summed E-state index contributed by atoms with van der Waals surface area (Å²) in [4.78, 5) is 14.7. The third-order valence-corrected chi connectivity index (χ3v) is 2.82. The van der Waals surface area contributed by atoms with Crippen LogP contribution in [0, 0.1) is 10.1 Å². The molecule has 0 aliphatic rings. The second-order valence-corrected chi connectivity index (χ2v) is 5.07. The van der Waals surface area contributed by atoms with Gasteiger partial charge in [-0.2, -0.15) is 0 Å². The average molecular weight is 318 g/mol. The van der Waals surface area contributed by atoms with Gasteiger partial charge in [0.05, 0.1) is 29.5 Å². The minimum absolute atomic E-state index is 0.0976. The van der Waals surface area contributed by atoms with Crippen LogP contribution in [0.5, 0.6) is 17.2 Å². The van der Waals surface area contributed by atoms with E-state index in [-0.39, 0.29) is 17.5 Å². The van der Waals surface area contributed by atoms with Crippen molar-refractivity contribution in [3.8, 4) is 17.2 Å². The van der Waals surface area contributed by atoms with Crippen molar-refractivity contribution in [2.75, 3.05) is 7.11 Å². The Morgan fingerprint density at radius 3 is 2.52 bits per heavy atom. The summed E-state index contributed by atoms with van der Waals surface area (Å²) in [7, 11) is 1.60. The predicted octanol–water partition coefficient (Wildman–Crippen LogP) is 3.72. The van der Waals surface area contributed by atoms with Crippen LogP contribution in [0.3, 0.4) is 0 Å². The highest BCUT2D eigenvalue weighted by molar-refractivity contribution is 5.51. The summed E-state index contributed by atoms with van der Waals surface area (Å²) in [5, 5.41) is 11.0. The Bertz CT molecular complexity index is 671. The summed E-state index contributed by atoms with van der Waals surface area (Å²) in [6.07, 6.45) is 1.39. The van der Waals surface area contributed by atoms with Gasteiger partial charge in [0, 0.05) is 19.2 Å². The van der Waals surface area contributed by atoms with Gasteiger partial charge in [-0.05, 0) is 32.0 Å². The number of methoxy groups -OCH3 is 1. The summed E-state index contributed by atoms with van der Waals surface area (Å²) in [6, 6.07) is 7.93. The van der Waals surface area contributed by atoms with Gasteiger partial charge in [0.25, 0.3) is 0 Å². The van der Waals surface area contributed by atoms with E-state index in [1.165, 1.54) is 18.2 Å². The van der Waals surface area contributed by atoms with Crippen LogP contribution in [-0.4, -0.2) is 23.1 Å². The smallest absolute Gasteiger partial charge is 0.311 e. The molecule has 2 rings (SSSR count). The van der Waals surface area contributed by atoms with Crippen LogP contribution in [0.25, 0.3) is 0 Å². The van der Waals surface area contributed by atoms with Crippen LogP contribution in [-0.2, 0) is 11.3 Å². The van der Waals surface area contributed by atoms with Gasteiger partial charge in [0.1, 0.15) is 11.5 Å². The van der Waals surface area contributed by atoms with Crippen molar-refractivity contribution in [2.45, 2.75) is 26.6 Å². The molecular weight excluding hydrogens is 300 g/mol. The molecule has 0 aliphatic carbocycles. The predicted molar refractivity (Wildman–Crippen MR) is 83.9 cm³/mol. The number of ether oxygens (including phenoxy) is 3. The molecule has 0 spiro atoms. The fraction of sp³-hybridized carbons (Fsp3) is 0.312. The molecule has 122 valence electrons. The van der Waals surface area contributed by atoms with Crippen molar-refractivity contribution in [3.63, 3.8) is 0 Å². The Kier molecular flexibility index (Phi) is 5.48. The van der Waals surface area contributed by atoms with Gasteiger partial charge in [-0.3, -0.25) is 15.1 Å². The maximum absolute atomic E-state index is 11.0. The number of aromatic nitrogens is 1. The van der Waals surface area contributed by atoms with Crippen LogP contribution >= 0.6 is 0 Å². The molecule has 23 heavy (non-hydrogen) atoms. The average Bonchev–Trinajstić information content (AvgIpc) is 2.49. The van der Waals surface area contributed by atoms with Crippen molar-refractivity contribution in [3.05, 3.63) is 52.3 Å². The molecule has 0 fully saturated rings. The summed E-state index contributed by atoms with van der Waals surface area (Å²) in [6.45, 7) is 4.02. The molecule has 0 atom stereocenters. The fourth-order valence-corrected chi connectivity index (χ4v) is 1.90. The van der Waals surface area contributed by atoms with Gasteiger partial charge in [0.15, 0.2) is 0 Å². The van der Waals surface area contributed by atoms with E-state index < -0.39 is 4.92 Å². The standard InChI is InChI=1S/C16H18N2O5/c1-11(2)22-16-8-13(6-7-15(16)18(19)20)23-14-5-4-12(10-21-3)17-9-14/h4-9,11H,10H2,1-3H3. The Morgan fingerprint density at radius 1 is 1.22 bits per heavy atom. The summed E-state index contributed by atoms with van der Waals surface area (Å²) < 4.78 is 16.1. The lowest BCUT2D eigenvalue weighted by Gasteiger charge is -2.12. The van der Waals surface area contributed by atoms with Crippen LogP contribution in [0.2, 0.25) is 0 Å². The summed E-state index contributed by atoms with van der Waals surface area (Å²) in [5.74, 6) is 1.13. The molecule has 0 unspecified atom stereocenters. The first-order valence-corrected chi connectivity index (χ1v) is 7.06. The lowest BCUT2D eigenvalue weighted by molar-refractivity contribution is -0.386. The zero-order chi connectivity index (χ0) is 16.8. The van der Waals surface area contributed by atoms with Crippen LogP contribution in [0.4, 0.5) is 5.69 Å². The highest BCUT2D eigenvalue weighted by Gasteiger charge is 2.17. The molecular formula is C16H18N2O5. The van der Waals surface area contributed by atoms with Crippen LogP contribution in [0.15, 0.2) is 36.5 Å². The van der Waals surface area contributed by atoms with E-state index >= 15 is 0 Å². The Balaban J connectivity index is 2.20.